The van der Waals surface area contributed by atoms with Gasteiger partial charge in [-0.3, -0.25) is 14.4 Å². The molecule has 2 rings (SSSR count). The normalized spacial score (nSPS) is 11.1. The van der Waals surface area contributed by atoms with E-state index in [9.17, 15) is 14.4 Å². The van der Waals surface area contributed by atoms with Gasteiger partial charge in [0.25, 0.3) is 5.91 Å². The molecule has 0 saturated heterocycles. The predicted octanol–water partition coefficient (Wildman–Crippen LogP) is 3.56. The monoisotopic (exact) mass is 401 g/mol. The number of primary amides is 1. The van der Waals surface area contributed by atoms with Gasteiger partial charge in [-0.1, -0.05) is 51.1 Å². The maximum Gasteiger partial charge on any atom is 0.264 e. The molecule has 1 heterocycles. The van der Waals surface area contributed by atoms with Crippen molar-refractivity contribution in [3.8, 4) is 0 Å². The quantitative estimate of drug-likeness (QED) is 0.743. The molecule has 6 nitrogen and oxygen atoms in total. The molecular weight excluding hydrogens is 374 g/mol. The number of carbonyl (C=O) groups is 3. The van der Waals surface area contributed by atoms with Crippen molar-refractivity contribution in [3.63, 3.8) is 0 Å². The Kier molecular flexibility index (Phi) is 6.96. The van der Waals surface area contributed by atoms with E-state index in [4.69, 9.17) is 5.73 Å². The highest BCUT2D eigenvalue weighted by Crippen LogP contribution is 2.30. The molecule has 0 fully saturated rings. The van der Waals surface area contributed by atoms with E-state index in [1.807, 2.05) is 58.0 Å². The Morgan fingerprint density at radius 3 is 2.36 bits per heavy atom. The molecule has 0 unspecified atom stereocenters. The van der Waals surface area contributed by atoms with Crippen LogP contribution in [0.5, 0.6) is 0 Å². The lowest BCUT2D eigenvalue weighted by Crippen LogP contribution is -2.33. The molecule has 7 heteroatoms. The smallest absolute Gasteiger partial charge is 0.264 e. The van der Waals surface area contributed by atoms with Crippen LogP contribution < -0.4 is 11.1 Å². The van der Waals surface area contributed by atoms with Gasteiger partial charge in [-0.05, 0) is 24.1 Å². The molecule has 0 aliphatic rings. The van der Waals surface area contributed by atoms with Crippen LogP contribution in [0.3, 0.4) is 0 Å². The van der Waals surface area contributed by atoms with Gasteiger partial charge in [-0.15, -0.1) is 11.3 Å². The van der Waals surface area contributed by atoms with Gasteiger partial charge in [-0.2, -0.15) is 0 Å². The highest BCUT2D eigenvalue weighted by Gasteiger charge is 2.25. The summed E-state index contributed by atoms with van der Waals surface area (Å²) in [6, 6.07) is 11.4. The number of rotatable bonds is 7. The summed E-state index contributed by atoms with van der Waals surface area (Å²) >= 11 is 1.25. The number of carbonyl (C=O) groups excluding carboxylic acids is 3. The highest BCUT2D eigenvalue weighted by molar-refractivity contribution is 7.18. The van der Waals surface area contributed by atoms with Crippen LogP contribution >= 0.6 is 11.3 Å². The first-order chi connectivity index (χ1) is 13.1. The molecule has 0 radical (unpaired) electrons. The van der Waals surface area contributed by atoms with Gasteiger partial charge >= 0.3 is 0 Å². The molecule has 1 aromatic carbocycles. The van der Waals surface area contributed by atoms with Gasteiger partial charge in [0.2, 0.25) is 11.8 Å². The van der Waals surface area contributed by atoms with Crippen LogP contribution in [0.2, 0.25) is 0 Å². The van der Waals surface area contributed by atoms with Crippen LogP contribution in [0.25, 0.3) is 0 Å². The number of nitrogens with two attached hydrogens (primary N) is 1. The number of benzene rings is 1. The van der Waals surface area contributed by atoms with Crippen molar-refractivity contribution in [2.45, 2.75) is 40.7 Å². The second-order valence-corrected chi connectivity index (χ2v) is 8.81. The van der Waals surface area contributed by atoms with E-state index in [1.165, 1.54) is 11.3 Å². The van der Waals surface area contributed by atoms with E-state index < -0.39 is 11.3 Å². The Hall–Kier alpha value is -2.67. The Morgan fingerprint density at radius 2 is 1.79 bits per heavy atom. The molecule has 0 saturated carbocycles. The second kappa shape index (κ2) is 9.01. The van der Waals surface area contributed by atoms with Gasteiger partial charge in [-0.25, -0.2) is 0 Å². The lowest BCUT2D eigenvalue weighted by molar-refractivity contribution is -0.123. The van der Waals surface area contributed by atoms with Gasteiger partial charge < -0.3 is 16.0 Å². The molecule has 0 spiro atoms. The maximum atomic E-state index is 13.2. The molecule has 0 aliphatic heterocycles. The van der Waals surface area contributed by atoms with E-state index >= 15 is 0 Å². The molecule has 150 valence electrons. The van der Waals surface area contributed by atoms with E-state index in [0.29, 0.717) is 16.4 Å². The number of hydrogen-bond donors (Lipinski definition) is 2. The first-order valence-electron chi connectivity index (χ1n) is 9.11. The number of nitrogens with zero attached hydrogens (tertiary/aromatic N) is 1. The summed E-state index contributed by atoms with van der Waals surface area (Å²) < 4.78 is 0. The Bertz CT molecular complexity index is 854. The number of hydrogen-bond acceptors (Lipinski definition) is 4. The van der Waals surface area contributed by atoms with Crippen LogP contribution in [-0.4, -0.2) is 29.2 Å². The summed E-state index contributed by atoms with van der Waals surface area (Å²) in [6.07, 6.45) is 0.0939. The summed E-state index contributed by atoms with van der Waals surface area (Å²) in [5.41, 5.74) is 6.51. The third-order valence-electron chi connectivity index (χ3n) is 4.16. The van der Waals surface area contributed by atoms with Crippen molar-refractivity contribution >= 4 is 34.1 Å². The van der Waals surface area contributed by atoms with Crippen molar-refractivity contribution in [2.24, 2.45) is 11.1 Å². The van der Waals surface area contributed by atoms with Crippen molar-refractivity contribution in [1.29, 1.82) is 0 Å². The molecular formula is C21H27N3O3S. The molecule has 0 aliphatic carbocycles. The first kappa shape index (κ1) is 21.6. The van der Waals surface area contributed by atoms with E-state index in [2.05, 4.69) is 5.32 Å². The summed E-state index contributed by atoms with van der Waals surface area (Å²) in [6.45, 7) is 7.96. The number of thiophene rings is 1. The number of amides is 3. The van der Waals surface area contributed by atoms with Crippen molar-refractivity contribution in [1.82, 2.24) is 4.90 Å². The number of nitrogens with one attached hydrogen (secondary N) is 1. The van der Waals surface area contributed by atoms with E-state index in [0.717, 1.165) is 11.1 Å². The molecule has 3 amide bonds. The molecule has 0 bridgehead atoms. The summed E-state index contributed by atoms with van der Waals surface area (Å²) in [7, 11) is 0. The van der Waals surface area contributed by atoms with Gasteiger partial charge in [0.05, 0.1) is 9.88 Å². The summed E-state index contributed by atoms with van der Waals surface area (Å²) in [5.74, 6) is -0.738. The van der Waals surface area contributed by atoms with Gasteiger partial charge in [0, 0.05) is 24.9 Å². The van der Waals surface area contributed by atoms with Crippen LogP contribution in [-0.2, 0) is 16.1 Å². The topological polar surface area (TPSA) is 92.5 Å². The minimum atomic E-state index is -0.525. The average molecular weight is 402 g/mol. The second-order valence-electron chi connectivity index (χ2n) is 7.76. The van der Waals surface area contributed by atoms with Crippen LogP contribution in [0.1, 0.15) is 48.0 Å². The van der Waals surface area contributed by atoms with Crippen LogP contribution in [0.4, 0.5) is 5.00 Å². The van der Waals surface area contributed by atoms with Crippen LogP contribution in [0.15, 0.2) is 36.4 Å². The fourth-order valence-electron chi connectivity index (χ4n) is 2.50. The van der Waals surface area contributed by atoms with E-state index in [1.54, 1.807) is 11.0 Å². The zero-order chi connectivity index (χ0) is 20.9. The van der Waals surface area contributed by atoms with E-state index in [-0.39, 0.29) is 24.8 Å². The zero-order valence-corrected chi connectivity index (χ0v) is 17.6. The SMILES string of the molecule is Cc1cc(NC(=O)C(C)(C)C)sc1C(=O)N(CCC(N)=O)Cc1ccccc1. The molecule has 0 atom stereocenters. The van der Waals surface area contributed by atoms with Gasteiger partial charge in [0.1, 0.15) is 0 Å². The third kappa shape index (κ3) is 5.92. The third-order valence-corrected chi connectivity index (χ3v) is 5.30. The minimum Gasteiger partial charge on any atom is -0.370 e. The Balaban J connectivity index is 2.23. The van der Waals surface area contributed by atoms with Gasteiger partial charge in [0.15, 0.2) is 0 Å². The fourth-order valence-corrected chi connectivity index (χ4v) is 3.54. The summed E-state index contributed by atoms with van der Waals surface area (Å²) in [4.78, 5) is 38.8. The lowest BCUT2D eigenvalue weighted by atomic mass is 9.96. The zero-order valence-electron chi connectivity index (χ0n) is 16.7. The van der Waals surface area contributed by atoms with Crippen molar-refractivity contribution in [2.75, 3.05) is 11.9 Å². The molecule has 2 aromatic rings. The number of aryl methyl sites for hydroxylation is 1. The Morgan fingerprint density at radius 1 is 1.14 bits per heavy atom. The lowest BCUT2D eigenvalue weighted by Gasteiger charge is -2.22. The maximum absolute atomic E-state index is 13.2. The standard InChI is InChI=1S/C21H27N3O3S/c1-14-12-17(23-20(27)21(2,3)4)28-18(14)19(26)24(11-10-16(22)25)13-15-8-6-5-7-9-15/h5-9,12H,10-11,13H2,1-4H3,(H2,22,25)(H,23,27). The number of anilines is 1. The van der Waals surface area contributed by atoms with Crippen LogP contribution in [0, 0.1) is 12.3 Å². The average Bonchev–Trinajstić information content (AvgIpc) is 2.98. The summed E-state index contributed by atoms with van der Waals surface area (Å²) in [5, 5.41) is 3.51. The largest absolute Gasteiger partial charge is 0.370 e. The highest BCUT2D eigenvalue weighted by atomic mass is 32.1. The van der Waals surface area contributed by atoms with Crippen molar-refractivity contribution < 1.29 is 14.4 Å². The molecule has 3 N–H and O–H groups in total. The Labute approximate surface area is 169 Å². The minimum absolute atomic E-state index is 0.0939. The first-order valence-corrected chi connectivity index (χ1v) is 9.93. The molecule has 28 heavy (non-hydrogen) atoms. The fraction of sp³-hybridized carbons (Fsp3) is 0.381. The predicted molar refractivity (Wildman–Crippen MR) is 112 cm³/mol. The molecule has 1 aromatic heterocycles. The van der Waals surface area contributed by atoms with Crippen molar-refractivity contribution in [3.05, 3.63) is 52.4 Å².